The zero-order valence-corrected chi connectivity index (χ0v) is 9.61. The minimum Gasteiger partial charge on any atom is -0.312 e. The maximum Gasteiger partial charge on any atom is 0.269 e. The fourth-order valence-corrected chi connectivity index (χ4v) is 2.24. The molecule has 1 aromatic carbocycles. The highest BCUT2D eigenvalue weighted by Crippen LogP contribution is 2.45. The molecule has 0 fully saturated rings. The number of carbonyl (C=O) groups is 1. The average Bonchev–Trinajstić information content (AvgIpc) is 2.54. The first-order valence-corrected chi connectivity index (χ1v) is 5.55. The summed E-state index contributed by atoms with van der Waals surface area (Å²) >= 11 is 0. The van der Waals surface area contributed by atoms with Crippen LogP contribution in [-0.2, 0) is 10.5 Å². The van der Waals surface area contributed by atoms with Crippen LogP contribution < -0.4 is 4.90 Å². The Labute approximate surface area is 99.5 Å². The predicted octanol–water partition coefficient (Wildman–Crippen LogP) is 2.52. The zero-order valence-electron chi connectivity index (χ0n) is 9.61. The van der Waals surface area contributed by atoms with E-state index in [9.17, 15) is 9.18 Å². The summed E-state index contributed by atoms with van der Waals surface area (Å²) in [6.07, 6.45) is 0.729. The minimum atomic E-state index is -1.96. The fraction of sp³-hybridized carbons (Fsp3) is 0.385. The van der Waals surface area contributed by atoms with Gasteiger partial charge in [-0.15, -0.1) is 0 Å². The maximum atomic E-state index is 14.8. The molecule has 3 nitrogen and oxygen atoms in total. The highest BCUT2D eigenvalue weighted by Gasteiger charge is 2.49. The van der Waals surface area contributed by atoms with Crippen molar-refractivity contribution in [3.8, 4) is 6.07 Å². The summed E-state index contributed by atoms with van der Waals surface area (Å²) in [7, 11) is 1.58. The van der Waals surface area contributed by atoms with Gasteiger partial charge in [0.2, 0.25) is 5.67 Å². The van der Waals surface area contributed by atoms with E-state index in [2.05, 4.69) is 0 Å². The van der Waals surface area contributed by atoms with Crippen LogP contribution >= 0.6 is 0 Å². The second-order valence-electron chi connectivity index (χ2n) is 4.19. The van der Waals surface area contributed by atoms with E-state index in [1.54, 1.807) is 31.3 Å². The monoisotopic (exact) mass is 232 g/mol. The third kappa shape index (κ3) is 1.68. The molecule has 0 spiro atoms. The Morgan fingerprint density at radius 2 is 2.18 bits per heavy atom. The maximum absolute atomic E-state index is 14.8. The number of rotatable bonds is 3. The van der Waals surface area contributed by atoms with Crippen LogP contribution in [0.5, 0.6) is 0 Å². The van der Waals surface area contributed by atoms with Gasteiger partial charge < -0.3 is 4.90 Å². The Hall–Kier alpha value is -1.89. The molecule has 0 saturated heterocycles. The first-order valence-electron chi connectivity index (χ1n) is 5.55. The summed E-state index contributed by atoms with van der Waals surface area (Å²) in [4.78, 5) is 13.3. The van der Waals surface area contributed by atoms with Gasteiger partial charge in [0.25, 0.3) is 5.91 Å². The number of unbranched alkanes of at least 4 members (excludes halogenated alkanes) is 1. The summed E-state index contributed by atoms with van der Waals surface area (Å²) in [5.41, 5.74) is -0.912. The quantitative estimate of drug-likeness (QED) is 0.751. The van der Waals surface area contributed by atoms with Gasteiger partial charge in [0, 0.05) is 19.0 Å². The molecule has 2 rings (SSSR count). The van der Waals surface area contributed by atoms with Crippen LogP contribution in [0.25, 0.3) is 0 Å². The van der Waals surface area contributed by atoms with Crippen molar-refractivity contribution >= 4 is 11.6 Å². The molecule has 0 bridgehead atoms. The molecule has 1 aromatic rings. The number of alkyl halides is 1. The number of nitrogens with zero attached hydrogens (tertiary/aromatic N) is 2. The molecular formula is C13H13FN2O. The molecule has 1 amide bonds. The number of likely N-dealkylation sites (N-methyl/N-ethyl adjacent to an activating group) is 1. The second-order valence-corrected chi connectivity index (χ2v) is 4.19. The van der Waals surface area contributed by atoms with Crippen molar-refractivity contribution in [2.45, 2.75) is 24.9 Å². The van der Waals surface area contributed by atoms with Gasteiger partial charge in [-0.2, -0.15) is 5.26 Å². The lowest BCUT2D eigenvalue weighted by atomic mass is 9.92. The molecule has 1 unspecified atom stereocenters. The van der Waals surface area contributed by atoms with Gasteiger partial charge in [-0.1, -0.05) is 18.2 Å². The predicted molar refractivity (Wildman–Crippen MR) is 62.1 cm³/mol. The molecule has 1 aliphatic heterocycles. The van der Waals surface area contributed by atoms with Crippen LogP contribution in [0, 0.1) is 11.3 Å². The summed E-state index contributed by atoms with van der Waals surface area (Å²) in [5, 5.41) is 8.47. The van der Waals surface area contributed by atoms with Gasteiger partial charge in [-0.05, 0) is 18.9 Å². The number of benzene rings is 1. The van der Waals surface area contributed by atoms with Crippen molar-refractivity contribution < 1.29 is 9.18 Å². The van der Waals surface area contributed by atoms with E-state index in [1.165, 1.54) is 4.90 Å². The summed E-state index contributed by atoms with van der Waals surface area (Å²) in [5.74, 6) is -0.531. The molecule has 1 aliphatic rings. The molecule has 0 radical (unpaired) electrons. The van der Waals surface area contributed by atoms with Gasteiger partial charge in [0.05, 0.1) is 11.8 Å². The highest BCUT2D eigenvalue weighted by atomic mass is 19.1. The zero-order chi connectivity index (χ0) is 12.5. The van der Waals surface area contributed by atoms with Crippen molar-refractivity contribution in [3.63, 3.8) is 0 Å². The average molecular weight is 232 g/mol. The van der Waals surface area contributed by atoms with Crippen LogP contribution in [0.15, 0.2) is 24.3 Å². The van der Waals surface area contributed by atoms with Crippen LogP contribution in [0.4, 0.5) is 10.1 Å². The smallest absolute Gasteiger partial charge is 0.269 e. The number of anilines is 1. The summed E-state index contributed by atoms with van der Waals surface area (Å²) in [6, 6.07) is 8.85. The van der Waals surface area contributed by atoms with Gasteiger partial charge in [-0.25, -0.2) is 4.39 Å². The Bertz CT molecular complexity index is 494. The molecule has 4 heteroatoms. The Balaban J connectivity index is 2.35. The third-order valence-electron chi connectivity index (χ3n) is 3.15. The molecule has 0 aliphatic carbocycles. The van der Waals surface area contributed by atoms with Crippen molar-refractivity contribution in [2.75, 3.05) is 11.9 Å². The number of para-hydroxylation sites is 1. The minimum absolute atomic E-state index is 0.0702. The number of hydrogen-bond acceptors (Lipinski definition) is 2. The molecule has 17 heavy (non-hydrogen) atoms. The topological polar surface area (TPSA) is 44.1 Å². The lowest BCUT2D eigenvalue weighted by Crippen LogP contribution is -2.34. The van der Waals surface area contributed by atoms with Crippen molar-refractivity contribution in [2.24, 2.45) is 0 Å². The molecule has 0 N–H and O–H groups in total. The van der Waals surface area contributed by atoms with Crippen LogP contribution in [0.3, 0.4) is 0 Å². The van der Waals surface area contributed by atoms with Gasteiger partial charge in [0.15, 0.2) is 0 Å². The molecule has 88 valence electrons. The van der Waals surface area contributed by atoms with Crippen molar-refractivity contribution in [1.82, 2.24) is 0 Å². The largest absolute Gasteiger partial charge is 0.312 e. The lowest BCUT2D eigenvalue weighted by Gasteiger charge is -2.18. The second kappa shape index (κ2) is 4.17. The van der Waals surface area contributed by atoms with Gasteiger partial charge >= 0.3 is 0 Å². The van der Waals surface area contributed by atoms with E-state index < -0.39 is 11.6 Å². The SMILES string of the molecule is CN1C(=O)C(F)(CCCC#N)c2ccccc21. The number of fused-ring (bicyclic) bond motifs is 1. The van der Waals surface area contributed by atoms with Crippen LogP contribution in [-0.4, -0.2) is 13.0 Å². The van der Waals surface area contributed by atoms with E-state index in [0.717, 1.165) is 0 Å². The van der Waals surface area contributed by atoms with Crippen molar-refractivity contribution in [3.05, 3.63) is 29.8 Å². The molecule has 1 atom stereocenters. The Morgan fingerprint density at radius 3 is 2.88 bits per heavy atom. The summed E-state index contributed by atoms with van der Waals surface area (Å²) < 4.78 is 14.8. The number of nitriles is 1. The third-order valence-corrected chi connectivity index (χ3v) is 3.15. The first kappa shape index (κ1) is 11.6. The molecule has 0 aromatic heterocycles. The Kier molecular flexibility index (Phi) is 2.84. The van der Waals surface area contributed by atoms with E-state index in [0.29, 0.717) is 17.7 Å². The normalized spacial score (nSPS) is 22.4. The first-order chi connectivity index (χ1) is 8.11. The standard InChI is InChI=1S/C13H13FN2O/c1-16-11-7-3-2-6-10(11)13(14,12(16)17)8-4-5-9-15/h2-3,6-7H,4-5,8H2,1H3. The number of hydrogen-bond donors (Lipinski definition) is 0. The fourth-order valence-electron chi connectivity index (χ4n) is 2.24. The summed E-state index contributed by atoms with van der Waals surface area (Å²) in [6.45, 7) is 0. The molecule has 1 heterocycles. The van der Waals surface area contributed by atoms with Crippen LogP contribution in [0.1, 0.15) is 24.8 Å². The number of carbonyl (C=O) groups excluding carboxylic acids is 1. The van der Waals surface area contributed by atoms with Crippen molar-refractivity contribution in [1.29, 1.82) is 5.26 Å². The number of amides is 1. The molecule has 0 saturated carbocycles. The van der Waals surface area contributed by atoms with E-state index in [-0.39, 0.29) is 12.8 Å². The van der Waals surface area contributed by atoms with E-state index in [4.69, 9.17) is 5.26 Å². The number of halogens is 1. The van der Waals surface area contributed by atoms with E-state index >= 15 is 0 Å². The highest BCUT2D eigenvalue weighted by molar-refractivity contribution is 6.06. The van der Waals surface area contributed by atoms with E-state index in [1.807, 2.05) is 6.07 Å². The lowest BCUT2D eigenvalue weighted by molar-refractivity contribution is -0.129. The van der Waals surface area contributed by atoms with Gasteiger partial charge in [0.1, 0.15) is 0 Å². The molecular weight excluding hydrogens is 219 g/mol. The Morgan fingerprint density at radius 1 is 1.47 bits per heavy atom. The van der Waals surface area contributed by atoms with Crippen LogP contribution in [0.2, 0.25) is 0 Å². The van der Waals surface area contributed by atoms with Gasteiger partial charge in [-0.3, -0.25) is 4.79 Å².